The van der Waals surface area contributed by atoms with E-state index in [0.29, 0.717) is 0 Å². The lowest BCUT2D eigenvalue weighted by Crippen LogP contribution is -2.30. The van der Waals surface area contributed by atoms with Crippen molar-refractivity contribution in [2.24, 2.45) is 0 Å². The second-order valence-electron chi connectivity index (χ2n) is 3.59. The fourth-order valence-electron chi connectivity index (χ4n) is 1.15. The quantitative estimate of drug-likeness (QED) is 0.640. The SMILES string of the molecule is C=C(C)OC(=O)CNC(=O)OCc1ccccc1. The number of amides is 1. The number of ether oxygens (including phenoxy) is 2. The molecule has 0 fully saturated rings. The van der Waals surface area contributed by atoms with E-state index in [1.165, 1.54) is 0 Å². The Morgan fingerprint density at radius 1 is 1.28 bits per heavy atom. The molecule has 1 amide bonds. The molecule has 1 rings (SSSR count). The largest absolute Gasteiger partial charge is 0.445 e. The second-order valence-corrected chi connectivity index (χ2v) is 3.59. The van der Waals surface area contributed by atoms with Gasteiger partial charge in [-0.05, 0) is 12.5 Å². The van der Waals surface area contributed by atoms with Crippen LogP contribution in [0.3, 0.4) is 0 Å². The highest BCUT2D eigenvalue weighted by molar-refractivity contribution is 5.78. The van der Waals surface area contributed by atoms with Gasteiger partial charge >= 0.3 is 12.1 Å². The summed E-state index contributed by atoms with van der Waals surface area (Å²) in [5.74, 6) is -0.307. The van der Waals surface area contributed by atoms with Crippen molar-refractivity contribution in [2.45, 2.75) is 13.5 Å². The number of esters is 1. The van der Waals surface area contributed by atoms with Crippen molar-refractivity contribution in [2.75, 3.05) is 6.54 Å². The highest BCUT2D eigenvalue weighted by Gasteiger charge is 2.07. The molecule has 0 aromatic heterocycles. The third kappa shape index (κ3) is 5.69. The molecule has 96 valence electrons. The van der Waals surface area contributed by atoms with Gasteiger partial charge in [-0.15, -0.1) is 0 Å². The minimum Gasteiger partial charge on any atom is -0.445 e. The molecule has 0 saturated carbocycles. The number of nitrogens with one attached hydrogen (secondary N) is 1. The summed E-state index contributed by atoms with van der Waals surface area (Å²) in [6, 6.07) is 9.24. The normalized spacial score (nSPS) is 9.39. The third-order valence-electron chi connectivity index (χ3n) is 1.88. The van der Waals surface area contributed by atoms with E-state index in [2.05, 4.69) is 16.6 Å². The topological polar surface area (TPSA) is 64.6 Å². The Labute approximate surface area is 105 Å². The van der Waals surface area contributed by atoms with E-state index in [9.17, 15) is 9.59 Å². The summed E-state index contributed by atoms with van der Waals surface area (Å²) >= 11 is 0. The first-order chi connectivity index (χ1) is 8.58. The molecule has 0 heterocycles. The van der Waals surface area contributed by atoms with Gasteiger partial charge in [0.05, 0.1) is 5.76 Å². The maximum atomic E-state index is 11.2. The summed E-state index contributed by atoms with van der Waals surface area (Å²) in [7, 11) is 0. The van der Waals surface area contributed by atoms with Crippen molar-refractivity contribution in [1.82, 2.24) is 5.32 Å². The summed E-state index contributed by atoms with van der Waals surface area (Å²) in [5, 5.41) is 2.28. The number of carbonyl (C=O) groups is 2. The van der Waals surface area contributed by atoms with Gasteiger partial charge in [0.25, 0.3) is 0 Å². The summed E-state index contributed by atoms with van der Waals surface area (Å²) < 4.78 is 9.56. The number of hydrogen-bond donors (Lipinski definition) is 1. The van der Waals surface area contributed by atoms with Gasteiger partial charge in [-0.3, -0.25) is 0 Å². The molecular formula is C13H15NO4. The highest BCUT2D eigenvalue weighted by atomic mass is 16.6. The molecule has 5 heteroatoms. The predicted molar refractivity (Wildman–Crippen MR) is 65.5 cm³/mol. The van der Waals surface area contributed by atoms with Gasteiger partial charge in [0.1, 0.15) is 13.2 Å². The van der Waals surface area contributed by atoms with E-state index in [-0.39, 0.29) is 18.9 Å². The molecule has 0 bridgehead atoms. The summed E-state index contributed by atoms with van der Waals surface area (Å²) in [5.41, 5.74) is 0.872. The van der Waals surface area contributed by atoms with Gasteiger partial charge < -0.3 is 14.8 Å². The minimum absolute atomic E-state index is 0.155. The smallest absolute Gasteiger partial charge is 0.407 e. The first-order valence-corrected chi connectivity index (χ1v) is 5.38. The maximum Gasteiger partial charge on any atom is 0.407 e. The van der Waals surface area contributed by atoms with Gasteiger partial charge in [-0.2, -0.15) is 0 Å². The van der Waals surface area contributed by atoms with Gasteiger partial charge in [0.2, 0.25) is 0 Å². The fourth-order valence-corrected chi connectivity index (χ4v) is 1.15. The van der Waals surface area contributed by atoms with Crippen molar-refractivity contribution < 1.29 is 19.1 Å². The molecule has 1 aromatic carbocycles. The predicted octanol–water partition coefficient (Wildman–Crippen LogP) is 1.99. The van der Waals surface area contributed by atoms with E-state index in [1.54, 1.807) is 6.92 Å². The average Bonchev–Trinajstić information content (AvgIpc) is 2.34. The van der Waals surface area contributed by atoms with Crippen LogP contribution in [-0.4, -0.2) is 18.6 Å². The van der Waals surface area contributed by atoms with Crippen LogP contribution >= 0.6 is 0 Å². The van der Waals surface area contributed by atoms with Gasteiger partial charge in [0, 0.05) is 0 Å². The zero-order chi connectivity index (χ0) is 13.4. The third-order valence-corrected chi connectivity index (χ3v) is 1.88. The number of allylic oxidation sites excluding steroid dienone is 1. The lowest BCUT2D eigenvalue weighted by atomic mass is 10.2. The van der Waals surface area contributed by atoms with Gasteiger partial charge in [-0.1, -0.05) is 36.9 Å². The number of hydrogen-bond acceptors (Lipinski definition) is 4. The Kier molecular flexibility index (Phi) is 5.44. The zero-order valence-electron chi connectivity index (χ0n) is 10.1. The summed E-state index contributed by atoms with van der Waals surface area (Å²) in [6.45, 7) is 4.86. The lowest BCUT2D eigenvalue weighted by Gasteiger charge is -2.07. The summed E-state index contributed by atoms with van der Waals surface area (Å²) in [4.78, 5) is 22.3. The van der Waals surface area contributed by atoms with Crippen LogP contribution in [-0.2, 0) is 20.9 Å². The molecule has 0 unspecified atom stereocenters. The van der Waals surface area contributed by atoms with Crippen molar-refractivity contribution in [3.8, 4) is 0 Å². The molecule has 18 heavy (non-hydrogen) atoms. The molecule has 0 atom stereocenters. The van der Waals surface area contributed by atoms with E-state index >= 15 is 0 Å². The highest BCUT2D eigenvalue weighted by Crippen LogP contribution is 2.00. The first-order valence-electron chi connectivity index (χ1n) is 5.38. The van der Waals surface area contributed by atoms with Crippen LogP contribution in [0.4, 0.5) is 4.79 Å². The molecule has 1 aromatic rings. The minimum atomic E-state index is -0.669. The Balaban J connectivity index is 2.22. The van der Waals surface area contributed by atoms with E-state index in [0.717, 1.165) is 5.56 Å². The van der Waals surface area contributed by atoms with Crippen LogP contribution in [0, 0.1) is 0 Å². The number of carbonyl (C=O) groups excluding carboxylic acids is 2. The number of benzene rings is 1. The van der Waals surface area contributed by atoms with Gasteiger partial charge in [0.15, 0.2) is 0 Å². The van der Waals surface area contributed by atoms with Crippen molar-refractivity contribution >= 4 is 12.1 Å². The van der Waals surface area contributed by atoms with Crippen LogP contribution < -0.4 is 5.32 Å². The van der Waals surface area contributed by atoms with Crippen LogP contribution in [0.5, 0.6) is 0 Å². The molecule has 0 aliphatic rings. The number of rotatable bonds is 5. The van der Waals surface area contributed by atoms with Crippen molar-refractivity contribution in [3.05, 3.63) is 48.2 Å². The van der Waals surface area contributed by atoms with Crippen LogP contribution in [0.15, 0.2) is 42.7 Å². The van der Waals surface area contributed by atoms with E-state index in [4.69, 9.17) is 4.74 Å². The summed E-state index contributed by atoms with van der Waals surface area (Å²) in [6.07, 6.45) is -0.669. The van der Waals surface area contributed by atoms with Crippen molar-refractivity contribution in [3.63, 3.8) is 0 Å². The van der Waals surface area contributed by atoms with E-state index < -0.39 is 12.1 Å². The molecule has 0 spiro atoms. The molecule has 0 aliphatic heterocycles. The Hall–Kier alpha value is -2.30. The van der Waals surface area contributed by atoms with Crippen LogP contribution in [0.25, 0.3) is 0 Å². The molecule has 0 aliphatic carbocycles. The molecule has 0 saturated heterocycles. The standard InChI is InChI=1S/C13H15NO4/c1-10(2)18-12(15)8-14-13(16)17-9-11-6-4-3-5-7-11/h3-7H,1,8-9H2,2H3,(H,14,16). The Morgan fingerprint density at radius 2 is 1.94 bits per heavy atom. The Bertz CT molecular complexity index is 428. The maximum absolute atomic E-state index is 11.2. The zero-order valence-corrected chi connectivity index (χ0v) is 10.1. The van der Waals surface area contributed by atoms with Crippen molar-refractivity contribution in [1.29, 1.82) is 0 Å². The fraction of sp³-hybridized carbons (Fsp3) is 0.231. The van der Waals surface area contributed by atoms with Crippen LogP contribution in [0.1, 0.15) is 12.5 Å². The molecular weight excluding hydrogens is 234 g/mol. The van der Waals surface area contributed by atoms with Gasteiger partial charge in [-0.25, -0.2) is 9.59 Å². The molecule has 5 nitrogen and oxygen atoms in total. The molecule has 1 N–H and O–H groups in total. The average molecular weight is 249 g/mol. The lowest BCUT2D eigenvalue weighted by molar-refractivity contribution is -0.138. The van der Waals surface area contributed by atoms with E-state index in [1.807, 2.05) is 30.3 Å². The molecule has 0 radical (unpaired) electrons. The van der Waals surface area contributed by atoms with Crippen LogP contribution in [0.2, 0.25) is 0 Å². The second kappa shape index (κ2) is 7.11. The number of alkyl carbamates (subject to hydrolysis) is 1. The monoisotopic (exact) mass is 249 g/mol. The first kappa shape index (κ1) is 13.8. The Morgan fingerprint density at radius 3 is 2.56 bits per heavy atom.